The van der Waals surface area contributed by atoms with Gasteiger partial charge in [0, 0.05) is 19.0 Å². The normalized spacial score (nSPS) is 18.6. The van der Waals surface area contributed by atoms with E-state index in [2.05, 4.69) is 35.7 Å². The van der Waals surface area contributed by atoms with Crippen LogP contribution < -0.4 is 16.4 Å². The maximum atomic E-state index is 11.1. The molecule has 10 nitrogen and oxygen atoms in total. The molecule has 0 radical (unpaired) electrons. The van der Waals surface area contributed by atoms with E-state index in [1.54, 1.807) is 0 Å². The number of nitrogens with zero attached hydrogens (tertiary/aromatic N) is 6. The lowest BCUT2D eigenvalue weighted by Crippen LogP contribution is -2.42. The van der Waals surface area contributed by atoms with Gasteiger partial charge < -0.3 is 16.4 Å². The first kappa shape index (κ1) is 12.3. The quantitative estimate of drug-likeness (QED) is 0.630. The lowest BCUT2D eigenvalue weighted by molar-refractivity contribution is -0.122. The Kier molecular flexibility index (Phi) is 3.11. The Hall–Kier alpha value is -2.78. The molecule has 0 saturated carbocycles. The second-order valence-corrected chi connectivity index (χ2v) is 4.34. The van der Waals surface area contributed by atoms with Gasteiger partial charge in [-0.3, -0.25) is 4.79 Å². The highest BCUT2D eigenvalue weighted by molar-refractivity contribution is 5.76. The van der Waals surface area contributed by atoms with Crippen LogP contribution in [0.1, 0.15) is 12.8 Å². The number of amides is 1. The van der Waals surface area contributed by atoms with Crippen molar-refractivity contribution in [3.8, 4) is 5.95 Å². The van der Waals surface area contributed by atoms with Gasteiger partial charge in [0.15, 0.2) is 0 Å². The van der Waals surface area contributed by atoms with E-state index < -0.39 is 0 Å². The molecule has 0 spiro atoms. The Balaban J connectivity index is 1.78. The number of hydrogen-bond acceptors (Lipinski definition) is 8. The lowest BCUT2D eigenvalue weighted by atomic mass is 10.1. The molecular weight excluding hydrogens is 262 g/mol. The zero-order valence-electron chi connectivity index (χ0n) is 10.5. The fourth-order valence-corrected chi connectivity index (χ4v) is 1.90. The molecule has 3 heterocycles. The average molecular weight is 275 g/mol. The van der Waals surface area contributed by atoms with Crippen molar-refractivity contribution in [1.82, 2.24) is 35.0 Å². The largest absolute Gasteiger partial charge is 0.368 e. The van der Waals surface area contributed by atoms with Gasteiger partial charge in [-0.2, -0.15) is 24.7 Å². The molecule has 1 atom stereocenters. The molecule has 2 aromatic heterocycles. The number of nitrogens with two attached hydrogens (primary N) is 1. The summed E-state index contributed by atoms with van der Waals surface area (Å²) in [4.78, 5) is 27.2. The molecule has 2 aromatic rings. The molecule has 1 aliphatic rings. The van der Waals surface area contributed by atoms with Gasteiger partial charge in [-0.05, 0) is 6.42 Å². The van der Waals surface area contributed by atoms with Crippen LogP contribution in [0.5, 0.6) is 0 Å². The summed E-state index contributed by atoms with van der Waals surface area (Å²) >= 11 is 0. The minimum atomic E-state index is 0.0570. The zero-order valence-corrected chi connectivity index (χ0v) is 10.5. The smallest absolute Gasteiger partial charge is 0.258 e. The predicted octanol–water partition coefficient (Wildman–Crippen LogP) is -1.27. The summed E-state index contributed by atoms with van der Waals surface area (Å²) < 4.78 is 1.39. The molecule has 20 heavy (non-hydrogen) atoms. The summed E-state index contributed by atoms with van der Waals surface area (Å²) in [7, 11) is 0. The zero-order chi connectivity index (χ0) is 13.9. The molecule has 1 saturated heterocycles. The van der Waals surface area contributed by atoms with Gasteiger partial charge in [-0.15, -0.1) is 0 Å². The Labute approximate surface area is 113 Å². The topological polar surface area (TPSA) is 137 Å². The highest BCUT2D eigenvalue weighted by atomic mass is 16.1. The third-order valence-electron chi connectivity index (χ3n) is 2.86. The van der Waals surface area contributed by atoms with Crippen molar-refractivity contribution in [3.63, 3.8) is 0 Å². The van der Waals surface area contributed by atoms with Gasteiger partial charge in [0.05, 0.1) is 0 Å². The lowest BCUT2D eigenvalue weighted by Gasteiger charge is -2.23. The maximum absolute atomic E-state index is 11.1. The summed E-state index contributed by atoms with van der Waals surface area (Å²) in [6, 6.07) is 0.0677. The molecule has 3 rings (SSSR count). The molecule has 104 valence electrons. The molecule has 0 aromatic carbocycles. The van der Waals surface area contributed by atoms with Crippen LogP contribution in [0.2, 0.25) is 0 Å². The van der Waals surface area contributed by atoms with E-state index in [0.29, 0.717) is 18.9 Å². The van der Waals surface area contributed by atoms with E-state index in [-0.39, 0.29) is 23.8 Å². The minimum absolute atomic E-state index is 0.0570. The minimum Gasteiger partial charge on any atom is -0.368 e. The van der Waals surface area contributed by atoms with Crippen LogP contribution in [0.3, 0.4) is 0 Å². The Bertz CT molecular complexity index is 601. The number of carbonyl (C=O) groups excluding carboxylic acids is 1. The first-order valence-corrected chi connectivity index (χ1v) is 6.10. The van der Waals surface area contributed by atoms with Crippen molar-refractivity contribution in [2.24, 2.45) is 0 Å². The second-order valence-electron chi connectivity index (χ2n) is 4.34. The highest BCUT2D eigenvalue weighted by Crippen LogP contribution is 2.11. The van der Waals surface area contributed by atoms with E-state index in [1.807, 2.05) is 0 Å². The van der Waals surface area contributed by atoms with E-state index >= 15 is 0 Å². The predicted molar refractivity (Wildman–Crippen MR) is 68.8 cm³/mol. The van der Waals surface area contributed by atoms with Crippen molar-refractivity contribution in [3.05, 3.63) is 12.7 Å². The van der Waals surface area contributed by atoms with Crippen LogP contribution in [0.25, 0.3) is 5.95 Å². The standard InChI is InChI=1S/C10H13N9O/c11-8-16-9(15-6-1-2-7(20)13-3-6)18-10(17-8)19-5-12-4-14-19/h4-6H,1-3H2,(H,13,20)(H3,11,15,16,17,18). The molecule has 1 fully saturated rings. The molecule has 4 N–H and O–H groups in total. The van der Waals surface area contributed by atoms with E-state index in [1.165, 1.54) is 17.3 Å². The van der Waals surface area contributed by atoms with E-state index in [0.717, 1.165) is 6.42 Å². The van der Waals surface area contributed by atoms with Crippen LogP contribution in [0.4, 0.5) is 11.9 Å². The first-order valence-electron chi connectivity index (χ1n) is 6.10. The van der Waals surface area contributed by atoms with E-state index in [9.17, 15) is 4.79 Å². The number of piperidine rings is 1. The number of aromatic nitrogens is 6. The molecule has 0 aliphatic carbocycles. The Morgan fingerprint density at radius 3 is 3.00 bits per heavy atom. The summed E-state index contributed by atoms with van der Waals surface area (Å²) in [6.45, 7) is 0.531. The Morgan fingerprint density at radius 2 is 2.30 bits per heavy atom. The van der Waals surface area contributed by atoms with Crippen molar-refractivity contribution < 1.29 is 4.79 Å². The Morgan fingerprint density at radius 1 is 1.40 bits per heavy atom. The van der Waals surface area contributed by atoms with Gasteiger partial charge in [-0.25, -0.2) is 4.98 Å². The number of nitrogen functional groups attached to an aromatic ring is 1. The molecule has 10 heteroatoms. The van der Waals surface area contributed by atoms with Crippen molar-refractivity contribution in [2.75, 3.05) is 17.6 Å². The highest BCUT2D eigenvalue weighted by Gasteiger charge is 2.19. The fourth-order valence-electron chi connectivity index (χ4n) is 1.90. The van der Waals surface area contributed by atoms with Crippen LogP contribution in [0.15, 0.2) is 12.7 Å². The number of anilines is 2. The number of hydrogen-bond donors (Lipinski definition) is 3. The molecule has 0 bridgehead atoms. The van der Waals surface area contributed by atoms with E-state index in [4.69, 9.17) is 5.73 Å². The first-order chi connectivity index (χ1) is 9.70. The molecule has 1 unspecified atom stereocenters. The van der Waals surface area contributed by atoms with Gasteiger partial charge in [0.2, 0.25) is 17.8 Å². The van der Waals surface area contributed by atoms with Crippen LogP contribution in [-0.4, -0.2) is 48.2 Å². The van der Waals surface area contributed by atoms with Crippen LogP contribution in [-0.2, 0) is 4.79 Å². The summed E-state index contributed by atoms with van der Waals surface area (Å²) in [5, 5.41) is 9.84. The maximum Gasteiger partial charge on any atom is 0.258 e. The third kappa shape index (κ3) is 2.63. The monoisotopic (exact) mass is 275 g/mol. The van der Waals surface area contributed by atoms with Crippen LogP contribution in [0, 0.1) is 0 Å². The second kappa shape index (κ2) is 5.07. The number of rotatable bonds is 3. The van der Waals surface area contributed by atoms with Gasteiger partial charge in [-0.1, -0.05) is 0 Å². The fraction of sp³-hybridized carbons (Fsp3) is 0.400. The molecule has 1 aliphatic heterocycles. The molecular formula is C10H13N9O. The number of nitrogens with one attached hydrogen (secondary N) is 2. The number of carbonyl (C=O) groups is 1. The van der Waals surface area contributed by atoms with Gasteiger partial charge >= 0.3 is 0 Å². The van der Waals surface area contributed by atoms with Crippen LogP contribution >= 0.6 is 0 Å². The third-order valence-corrected chi connectivity index (χ3v) is 2.86. The van der Waals surface area contributed by atoms with Crippen molar-refractivity contribution in [1.29, 1.82) is 0 Å². The SMILES string of the molecule is Nc1nc(NC2CCC(=O)NC2)nc(-n2cncn2)n1. The summed E-state index contributed by atoms with van der Waals surface area (Å²) in [5.74, 6) is 0.788. The van der Waals surface area contributed by atoms with Crippen molar-refractivity contribution in [2.45, 2.75) is 18.9 Å². The van der Waals surface area contributed by atoms with Gasteiger partial charge in [0.25, 0.3) is 5.95 Å². The summed E-state index contributed by atoms with van der Waals surface area (Å²) in [6.07, 6.45) is 4.05. The van der Waals surface area contributed by atoms with Gasteiger partial charge in [0.1, 0.15) is 12.7 Å². The summed E-state index contributed by atoms with van der Waals surface area (Å²) in [5.41, 5.74) is 5.66. The van der Waals surface area contributed by atoms with Crippen molar-refractivity contribution >= 4 is 17.8 Å². The molecule has 1 amide bonds. The average Bonchev–Trinajstić information content (AvgIpc) is 2.95.